The van der Waals surface area contributed by atoms with Gasteiger partial charge in [0.15, 0.2) is 0 Å². The molecule has 7 heteroatoms. The first-order valence-electron chi connectivity index (χ1n) is 5.76. The van der Waals surface area contributed by atoms with E-state index in [-0.39, 0.29) is 16.9 Å². The van der Waals surface area contributed by atoms with Gasteiger partial charge in [0.25, 0.3) is 5.56 Å². The number of nitrogens with one attached hydrogen (secondary N) is 1. The van der Waals surface area contributed by atoms with Crippen LogP contribution in [0.2, 0.25) is 0 Å². The number of nitro groups is 1. The van der Waals surface area contributed by atoms with E-state index in [1.54, 1.807) is 24.3 Å². The number of pyridine rings is 1. The molecule has 3 aromatic rings. The summed E-state index contributed by atoms with van der Waals surface area (Å²) in [5.41, 5.74) is 1.09. The molecule has 0 aliphatic rings. The molecular weight excluding hydrogens is 260 g/mol. The normalized spacial score (nSPS) is 10.6. The minimum absolute atomic E-state index is 0.217. The topological polar surface area (TPSA) is 102 Å². The standard InChI is InChI=1S/C13H8N4O3/c18-13-11(8-4-2-1-3-5-8)12-9(15-16-13)6-7-10(14-12)17(19)20/h1-7H,(H,16,18). The van der Waals surface area contributed by atoms with Crippen molar-refractivity contribution in [3.05, 3.63) is 62.9 Å². The molecule has 3 rings (SSSR count). The van der Waals surface area contributed by atoms with E-state index in [9.17, 15) is 14.9 Å². The molecule has 0 amide bonds. The first kappa shape index (κ1) is 12.0. The van der Waals surface area contributed by atoms with Crippen molar-refractivity contribution in [3.63, 3.8) is 0 Å². The van der Waals surface area contributed by atoms with Crippen molar-refractivity contribution < 1.29 is 4.92 Å². The maximum atomic E-state index is 12.0. The highest BCUT2D eigenvalue weighted by atomic mass is 16.6. The summed E-state index contributed by atoms with van der Waals surface area (Å²) in [4.78, 5) is 26.1. The summed E-state index contributed by atoms with van der Waals surface area (Å²) in [5.74, 6) is -0.318. The van der Waals surface area contributed by atoms with Crippen LogP contribution in [-0.4, -0.2) is 20.1 Å². The lowest BCUT2D eigenvalue weighted by Crippen LogP contribution is -2.12. The van der Waals surface area contributed by atoms with E-state index < -0.39 is 10.5 Å². The van der Waals surface area contributed by atoms with Gasteiger partial charge in [0.05, 0.1) is 0 Å². The van der Waals surface area contributed by atoms with Gasteiger partial charge in [-0.25, -0.2) is 5.10 Å². The van der Waals surface area contributed by atoms with Gasteiger partial charge in [0, 0.05) is 6.07 Å². The van der Waals surface area contributed by atoms with Crippen molar-refractivity contribution in [2.45, 2.75) is 0 Å². The molecule has 0 atom stereocenters. The third kappa shape index (κ3) is 1.91. The highest BCUT2D eigenvalue weighted by Gasteiger charge is 2.18. The van der Waals surface area contributed by atoms with Gasteiger partial charge >= 0.3 is 5.82 Å². The van der Waals surface area contributed by atoms with Gasteiger partial charge in [-0.2, -0.15) is 5.10 Å². The third-order valence-corrected chi connectivity index (χ3v) is 2.85. The van der Waals surface area contributed by atoms with Gasteiger partial charge in [-0.05, 0) is 21.5 Å². The Kier molecular flexibility index (Phi) is 2.72. The molecule has 1 N–H and O–H groups in total. The largest absolute Gasteiger partial charge is 0.364 e. The van der Waals surface area contributed by atoms with E-state index in [0.717, 1.165) is 0 Å². The monoisotopic (exact) mass is 268 g/mol. The summed E-state index contributed by atoms with van der Waals surface area (Å²) >= 11 is 0. The summed E-state index contributed by atoms with van der Waals surface area (Å²) in [6.45, 7) is 0. The summed E-state index contributed by atoms with van der Waals surface area (Å²) in [6, 6.07) is 11.6. The fourth-order valence-corrected chi connectivity index (χ4v) is 1.96. The van der Waals surface area contributed by atoms with Crippen LogP contribution in [0, 0.1) is 10.1 Å². The molecule has 7 nitrogen and oxygen atoms in total. The van der Waals surface area contributed by atoms with Gasteiger partial charge in [0.2, 0.25) is 5.52 Å². The molecule has 98 valence electrons. The minimum Gasteiger partial charge on any atom is -0.358 e. The van der Waals surface area contributed by atoms with Crippen LogP contribution in [0.3, 0.4) is 0 Å². The number of aromatic nitrogens is 3. The van der Waals surface area contributed by atoms with Crippen LogP contribution >= 0.6 is 0 Å². The van der Waals surface area contributed by atoms with Crippen LogP contribution in [0.1, 0.15) is 0 Å². The van der Waals surface area contributed by atoms with Crippen molar-refractivity contribution >= 4 is 16.9 Å². The molecule has 0 aliphatic heterocycles. The highest BCUT2D eigenvalue weighted by molar-refractivity contribution is 5.90. The lowest BCUT2D eigenvalue weighted by Gasteiger charge is -2.01. The van der Waals surface area contributed by atoms with Gasteiger partial charge in [-0.15, -0.1) is 0 Å². The molecule has 0 spiro atoms. The number of hydrogen-bond donors (Lipinski definition) is 1. The average molecular weight is 268 g/mol. The average Bonchev–Trinajstić information content (AvgIpc) is 2.47. The SMILES string of the molecule is O=c1[nH]nc2ccc([N+](=O)[O-])nc2c1-c1ccccc1. The van der Waals surface area contributed by atoms with Crippen molar-refractivity contribution in [2.24, 2.45) is 0 Å². The van der Waals surface area contributed by atoms with Crippen LogP contribution < -0.4 is 5.56 Å². The maximum absolute atomic E-state index is 12.0. The quantitative estimate of drug-likeness (QED) is 0.564. The second-order valence-electron chi connectivity index (χ2n) is 4.09. The van der Waals surface area contributed by atoms with Crippen LogP contribution in [0.15, 0.2) is 47.3 Å². The number of nitrogens with zero attached hydrogens (tertiary/aromatic N) is 3. The molecule has 2 heterocycles. The predicted octanol–water partition coefficient (Wildman–Crippen LogP) is 1.89. The van der Waals surface area contributed by atoms with E-state index in [4.69, 9.17) is 0 Å². The smallest absolute Gasteiger partial charge is 0.358 e. The van der Waals surface area contributed by atoms with Crippen LogP contribution in [-0.2, 0) is 0 Å². The number of H-pyrrole nitrogens is 1. The van der Waals surface area contributed by atoms with E-state index in [2.05, 4.69) is 15.2 Å². The lowest BCUT2D eigenvalue weighted by molar-refractivity contribution is -0.389. The van der Waals surface area contributed by atoms with Crippen LogP contribution in [0.25, 0.3) is 22.2 Å². The zero-order chi connectivity index (χ0) is 14.1. The fraction of sp³-hybridized carbons (Fsp3) is 0. The number of rotatable bonds is 2. The molecule has 0 unspecified atom stereocenters. The van der Waals surface area contributed by atoms with Gasteiger partial charge in [0.1, 0.15) is 11.1 Å². The number of aromatic amines is 1. The van der Waals surface area contributed by atoms with Crippen LogP contribution in [0.5, 0.6) is 0 Å². The Bertz CT molecular complexity index is 858. The fourth-order valence-electron chi connectivity index (χ4n) is 1.96. The molecule has 0 bridgehead atoms. The van der Waals surface area contributed by atoms with E-state index in [1.165, 1.54) is 12.1 Å². The van der Waals surface area contributed by atoms with E-state index in [0.29, 0.717) is 11.1 Å². The minimum atomic E-state index is -0.602. The van der Waals surface area contributed by atoms with E-state index >= 15 is 0 Å². The van der Waals surface area contributed by atoms with Gasteiger partial charge in [-0.1, -0.05) is 30.3 Å². The number of fused-ring (bicyclic) bond motifs is 1. The van der Waals surface area contributed by atoms with Gasteiger partial charge in [-0.3, -0.25) is 4.79 Å². The number of benzene rings is 1. The summed E-state index contributed by atoms with van der Waals surface area (Å²) in [6.07, 6.45) is 0. The van der Waals surface area contributed by atoms with Crippen molar-refractivity contribution in [3.8, 4) is 11.1 Å². The Labute approximate surface area is 112 Å². The summed E-state index contributed by atoms with van der Waals surface area (Å²) in [7, 11) is 0. The van der Waals surface area contributed by atoms with Crippen molar-refractivity contribution in [2.75, 3.05) is 0 Å². The zero-order valence-corrected chi connectivity index (χ0v) is 10.1. The molecule has 0 saturated carbocycles. The molecule has 0 fully saturated rings. The summed E-state index contributed by atoms with van der Waals surface area (Å²) in [5, 5.41) is 17.0. The Morgan fingerprint density at radius 1 is 1.10 bits per heavy atom. The van der Waals surface area contributed by atoms with Crippen molar-refractivity contribution in [1.29, 1.82) is 0 Å². The Morgan fingerprint density at radius 3 is 2.55 bits per heavy atom. The molecule has 0 radical (unpaired) electrons. The molecule has 0 saturated heterocycles. The van der Waals surface area contributed by atoms with Crippen molar-refractivity contribution in [1.82, 2.24) is 15.2 Å². The van der Waals surface area contributed by atoms with Crippen LogP contribution in [0.4, 0.5) is 5.82 Å². The van der Waals surface area contributed by atoms with E-state index in [1.807, 2.05) is 6.07 Å². The third-order valence-electron chi connectivity index (χ3n) is 2.85. The maximum Gasteiger partial charge on any atom is 0.364 e. The van der Waals surface area contributed by atoms with Gasteiger partial charge < -0.3 is 10.1 Å². The second kappa shape index (κ2) is 4.54. The lowest BCUT2D eigenvalue weighted by atomic mass is 10.1. The molecular formula is C13H8N4O3. The Hall–Kier alpha value is -3.09. The molecule has 0 aliphatic carbocycles. The Morgan fingerprint density at radius 2 is 1.85 bits per heavy atom. The first-order valence-corrected chi connectivity index (χ1v) is 5.76. The Balaban J connectivity index is 2.40. The molecule has 2 aromatic heterocycles. The predicted molar refractivity (Wildman–Crippen MR) is 72.2 cm³/mol. The second-order valence-corrected chi connectivity index (χ2v) is 4.09. The molecule has 20 heavy (non-hydrogen) atoms. The zero-order valence-electron chi connectivity index (χ0n) is 10.1. The first-order chi connectivity index (χ1) is 9.66. The highest BCUT2D eigenvalue weighted by Crippen LogP contribution is 2.23. The molecule has 1 aromatic carbocycles. The number of hydrogen-bond acceptors (Lipinski definition) is 5. The summed E-state index contributed by atoms with van der Waals surface area (Å²) < 4.78 is 0.